The van der Waals surface area contributed by atoms with Gasteiger partial charge in [-0.3, -0.25) is 9.59 Å². The summed E-state index contributed by atoms with van der Waals surface area (Å²) in [5, 5.41) is 0. The number of piperidine rings is 1. The van der Waals surface area contributed by atoms with Crippen molar-refractivity contribution < 1.29 is 9.59 Å². The molecule has 6 heteroatoms. The van der Waals surface area contributed by atoms with Crippen LogP contribution in [0, 0.1) is 20.8 Å². The first-order valence-electron chi connectivity index (χ1n) is 12.1. The zero-order chi connectivity index (χ0) is 23.8. The van der Waals surface area contributed by atoms with Gasteiger partial charge in [0.15, 0.2) is 0 Å². The highest BCUT2D eigenvalue weighted by Gasteiger charge is 2.46. The molecule has 1 unspecified atom stereocenters. The van der Waals surface area contributed by atoms with Gasteiger partial charge in [-0.15, -0.1) is 0 Å². The lowest BCUT2D eigenvalue weighted by atomic mass is 9.76. The van der Waals surface area contributed by atoms with Gasteiger partial charge >= 0.3 is 0 Å². The van der Waals surface area contributed by atoms with E-state index in [0.717, 1.165) is 50.9 Å². The molecule has 2 heterocycles. The van der Waals surface area contributed by atoms with Gasteiger partial charge in [0.2, 0.25) is 5.91 Å². The van der Waals surface area contributed by atoms with Gasteiger partial charge in [0, 0.05) is 39.3 Å². The number of aryl methyl sites for hydroxylation is 3. The molecule has 33 heavy (non-hydrogen) atoms. The standard InChI is InChI=1S/C27H36N4O2/c1-18-13-19(2)15-22(14-18)27(10-6-7-11-27)26(33)31-12-8-9-21(17-31)24-28-16-23(20(3)29-24)25(32)30(4)5/h13-16,21H,6-12,17H2,1-5H3. The molecule has 1 saturated carbocycles. The number of benzene rings is 1. The van der Waals surface area contributed by atoms with Gasteiger partial charge in [-0.05, 0) is 52.0 Å². The summed E-state index contributed by atoms with van der Waals surface area (Å²) in [6, 6.07) is 6.60. The molecule has 0 bridgehead atoms. The fourth-order valence-corrected chi connectivity index (χ4v) is 5.66. The van der Waals surface area contributed by atoms with Crippen molar-refractivity contribution in [3.63, 3.8) is 0 Å². The van der Waals surface area contributed by atoms with Crippen molar-refractivity contribution in [3.05, 3.63) is 58.2 Å². The molecule has 2 aromatic rings. The summed E-state index contributed by atoms with van der Waals surface area (Å²) in [7, 11) is 3.46. The smallest absolute Gasteiger partial charge is 0.256 e. The minimum atomic E-state index is -0.405. The Kier molecular flexibility index (Phi) is 6.55. The third kappa shape index (κ3) is 4.53. The topological polar surface area (TPSA) is 66.4 Å². The van der Waals surface area contributed by atoms with E-state index < -0.39 is 5.41 Å². The van der Waals surface area contributed by atoms with Crippen LogP contribution >= 0.6 is 0 Å². The van der Waals surface area contributed by atoms with E-state index in [1.165, 1.54) is 16.7 Å². The Morgan fingerprint density at radius 1 is 1.03 bits per heavy atom. The second kappa shape index (κ2) is 9.24. The molecule has 1 atom stereocenters. The zero-order valence-electron chi connectivity index (χ0n) is 20.6. The van der Waals surface area contributed by atoms with Gasteiger partial charge in [-0.2, -0.15) is 0 Å². The van der Waals surface area contributed by atoms with Crippen molar-refractivity contribution in [2.45, 2.75) is 70.6 Å². The van der Waals surface area contributed by atoms with Crippen LogP contribution in [0.3, 0.4) is 0 Å². The Balaban J connectivity index is 1.58. The van der Waals surface area contributed by atoms with Crippen molar-refractivity contribution in [1.29, 1.82) is 0 Å². The molecule has 2 aliphatic rings. The summed E-state index contributed by atoms with van der Waals surface area (Å²) >= 11 is 0. The molecule has 0 spiro atoms. The Morgan fingerprint density at radius 2 is 1.70 bits per heavy atom. The van der Waals surface area contributed by atoms with Crippen molar-refractivity contribution >= 4 is 11.8 Å². The van der Waals surface area contributed by atoms with Crippen molar-refractivity contribution in [2.24, 2.45) is 0 Å². The predicted octanol–water partition coefficient (Wildman–Crippen LogP) is 4.32. The highest BCUT2D eigenvalue weighted by molar-refractivity contribution is 5.94. The van der Waals surface area contributed by atoms with Crippen molar-refractivity contribution in [1.82, 2.24) is 19.8 Å². The molecule has 1 aliphatic carbocycles. The van der Waals surface area contributed by atoms with E-state index in [1.54, 1.807) is 25.2 Å². The molecule has 2 amide bonds. The number of aromatic nitrogens is 2. The van der Waals surface area contributed by atoms with Crippen molar-refractivity contribution in [2.75, 3.05) is 27.2 Å². The summed E-state index contributed by atoms with van der Waals surface area (Å²) in [6.45, 7) is 7.53. The number of nitrogens with zero attached hydrogens (tertiary/aromatic N) is 4. The second-order valence-corrected chi connectivity index (χ2v) is 10.2. The average Bonchev–Trinajstić information content (AvgIpc) is 3.29. The van der Waals surface area contributed by atoms with E-state index in [-0.39, 0.29) is 17.7 Å². The Hall–Kier alpha value is -2.76. The van der Waals surface area contributed by atoms with Crippen LogP contribution in [0.25, 0.3) is 0 Å². The summed E-state index contributed by atoms with van der Waals surface area (Å²) in [4.78, 5) is 39.3. The van der Waals surface area contributed by atoms with Crippen LogP contribution in [-0.4, -0.2) is 58.8 Å². The third-order valence-electron chi connectivity index (χ3n) is 7.35. The van der Waals surface area contributed by atoms with Crippen LogP contribution in [0.15, 0.2) is 24.4 Å². The van der Waals surface area contributed by atoms with Gasteiger partial charge in [0.05, 0.1) is 16.7 Å². The van der Waals surface area contributed by atoms with Gasteiger partial charge in [0.25, 0.3) is 5.91 Å². The van der Waals surface area contributed by atoms with Gasteiger partial charge in [0.1, 0.15) is 5.82 Å². The lowest BCUT2D eigenvalue weighted by molar-refractivity contribution is -0.138. The number of carbonyl (C=O) groups excluding carboxylic acids is 2. The molecule has 6 nitrogen and oxygen atoms in total. The van der Waals surface area contributed by atoms with E-state index >= 15 is 0 Å². The average molecular weight is 449 g/mol. The first-order chi connectivity index (χ1) is 15.7. The molecule has 1 aromatic heterocycles. The highest BCUT2D eigenvalue weighted by Crippen LogP contribution is 2.44. The van der Waals surface area contributed by atoms with E-state index in [9.17, 15) is 9.59 Å². The van der Waals surface area contributed by atoms with Crippen LogP contribution in [0.2, 0.25) is 0 Å². The Bertz CT molecular complexity index is 1040. The molecule has 1 saturated heterocycles. The van der Waals surface area contributed by atoms with Gasteiger partial charge in [-0.25, -0.2) is 9.97 Å². The van der Waals surface area contributed by atoms with Crippen LogP contribution in [0.5, 0.6) is 0 Å². The molecule has 4 rings (SSSR count). The SMILES string of the molecule is Cc1cc(C)cc(C2(C(=O)N3CCCC(c4ncc(C(=O)N(C)C)c(C)n4)C3)CCCC2)c1. The Morgan fingerprint density at radius 3 is 2.30 bits per heavy atom. The largest absolute Gasteiger partial charge is 0.345 e. The van der Waals surface area contributed by atoms with Gasteiger partial charge < -0.3 is 9.80 Å². The summed E-state index contributed by atoms with van der Waals surface area (Å²) in [5.41, 5.74) is 4.45. The maximum Gasteiger partial charge on any atom is 0.256 e. The van der Waals surface area contributed by atoms with Crippen molar-refractivity contribution in [3.8, 4) is 0 Å². The molecule has 2 fully saturated rings. The molecule has 1 aliphatic heterocycles. The molecule has 0 N–H and O–H groups in total. The molecular weight excluding hydrogens is 412 g/mol. The van der Waals surface area contributed by atoms with Gasteiger partial charge in [-0.1, -0.05) is 42.2 Å². The summed E-state index contributed by atoms with van der Waals surface area (Å²) < 4.78 is 0. The minimum absolute atomic E-state index is 0.0869. The summed E-state index contributed by atoms with van der Waals surface area (Å²) in [6.07, 6.45) is 7.59. The fraction of sp³-hybridized carbons (Fsp3) is 0.556. The predicted molar refractivity (Wildman–Crippen MR) is 129 cm³/mol. The highest BCUT2D eigenvalue weighted by atomic mass is 16.2. The number of hydrogen-bond acceptors (Lipinski definition) is 4. The molecular formula is C27H36N4O2. The van der Waals surface area contributed by atoms with E-state index in [4.69, 9.17) is 4.98 Å². The van der Waals surface area contributed by atoms with E-state index in [0.29, 0.717) is 17.8 Å². The lowest BCUT2D eigenvalue weighted by Gasteiger charge is -2.39. The number of carbonyl (C=O) groups is 2. The minimum Gasteiger partial charge on any atom is -0.345 e. The second-order valence-electron chi connectivity index (χ2n) is 10.2. The molecule has 0 radical (unpaired) electrons. The van der Waals surface area contributed by atoms with E-state index in [2.05, 4.69) is 41.9 Å². The lowest BCUT2D eigenvalue weighted by Crippen LogP contribution is -2.49. The molecule has 1 aromatic carbocycles. The molecule has 176 valence electrons. The van der Waals surface area contributed by atoms with Crippen LogP contribution < -0.4 is 0 Å². The monoisotopic (exact) mass is 448 g/mol. The maximum absolute atomic E-state index is 14.0. The zero-order valence-corrected chi connectivity index (χ0v) is 20.6. The number of hydrogen-bond donors (Lipinski definition) is 0. The normalized spacial score (nSPS) is 20.0. The Labute approximate surface area is 197 Å². The van der Waals surface area contributed by atoms with Crippen LogP contribution in [-0.2, 0) is 10.2 Å². The van der Waals surface area contributed by atoms with E-state index in [1.807, 2.05) is 6.92 Å². The van der Waals surface area contributed by atoms with Crippen LogP contribution in [0.4, 0.5) is 0 Å². The first kappa shape index (κ1) is 23.4. The van der Waals surface area contributed by atoms with Crippen LogP contribution in [0.1, 0.15) is 83.0 Å². The number of likely N-dealkylation sites (tertiary alicyclic amines) is 1. The first-order valence-corrected chi connectivity index (χ1v) is 12.1. The number of amides is 2. The maximum atomic E-state index is 14.0. The quantitative estimate of drug-likeness (QED) is 0.699. The summed E-state index contributed by atoms with van der Waals surface area (Å²) in [5.74, 6) is 1.02. The fourth-order valence-electron chi connectivity index (χ4n) is 5.66. The number of rotatable bonds is 4. The third-order valence-corrected chi connectivity index (χ3v) is 7.35.